The van der Waals surface area contributed by atoms with E-state index in [-0.39, 0.29) is 12.1 Å². The Balaban J connectivity index is 2.19. The van der Waals surface area contributed by atoms with Gasteiger partial charge in [-0.15, -0.1) is 0 Å². The van der Waals surface area contributed by atoms with Crippen LogP contribution in [-0.2, 0) is 11.8 Å². The van der Waals surface area contributed by atoms with Crippen molar-refractivity contribution < 1.29 is 9.53 Å². The van der Waals surface area contributed by atoms with Crippen molar-refractivity contribution in [2.75, 3.05) is 0 Å². The summed E-state index contributed by atoms with van der Waals surface area (Å²) in [5.41, 5.74) is 2.08. The summed E-state index contributed by atoms with van der Waals surface area (Å²) in [5.74, 6) is 0.0525. The van der Waals surface area contributed by atoms with Crippen molar-refractivity contribution >= 4 is 5.97 Å². The van der Waals surface area contributed by atoms with Gasteiger partial charge in [0.15, 0.2) is 0 Å². The molecule has 2 aromatic heterocycles. The van der Waals surface area contributed by atoms with Crippen LogP contribution in [0.4, 0.5) is 0 Å². The molecule has 112 valence electrons. The molecule has 0 aromatic carbocycles. The summed E-state index contributed by atoms with van der Waals surface area (Å²) in [6, 6.07) is 5.64. The first-order chi connectivity index (χ1) is 9.99. The van der Waals surface area contributed by atoms with Crippen molar-refractivity contribution in [3.8, 4) is 0 Å². The van der Waals surface area contributed by atoms with Crippen LogP contribution in [0.25, 0.3) is 0 Å². The molecule has 0 unspecified atom stereocenters. The molecule has 2 aromatic rings. The van der Waals surface area contributed by atoms with E-state index in [1.807, 2.05) is 25.1 Å². The van der Waals surface area contributed by atoms with Gasteiger partial charge < -0.3 is 4.74 Å². The number of carbonyl (C=O) groups is 1. The van der Waals surface area contributed by atoms with Crippen LogP contribution in [0.1, 0.15) is 48.1 Å². The summed E-state index contributed by atoms with van der Waals surface area (Å²) in [4.78, 5) is 16.6. The lowest BCUT2D eigenvalue weighted by molar-refractivity contribution is 0.0236. The van der Waals surface area contributed by atoms with Crippen LogP contribution in [0.15, 0.2) is 30.6 Å². The summed E-state index contributed by atoms with van der Waals surface area (Å²) in [6.07, 6.45) is 3.66. The first-order valence-electron chi connectivity index (χ1n) is 7.09. The van der Waals surface area contributed by atoms with Gasteiger partial charge in [-0.2, -0.15) is 5.10 Å². The summed E-state index contributed by atoms with van der Waals surface area (Å²) in [7, 11) is 1.80. The fourth-order valence-corrected chi connectivity index (χ4v) is 2.12. The lowest BCUT2D eigenvalue weighted by Gasteiger charge is -2.19. The molecular formula is C16H21N3O2. The van der Waals surface area contributed by atoms with Crippen LogP contribution in [0.2, 0.25) is 0 Å². The van der Waals surface area contributed by atoms with Crippen molar-refractivity contribution in [2.45, 2.75) is 33.3 Å². The fourth-order valence-electron chi connectivity index (χ4n) is 2.12. The molecule has 0 amide bonds. The third-order valence-corrected chi connectivity index (χ3v) is 3.41. The van der Waals surface area contributed by atoms with Gasteiger partial charge in [-0.25, -0.2) is 4.79 Å². The Bertz CT molecular complexity index is 605. The number of nitrogens with zero attached hydrogens (tertiary/aromatic N) is 3. The number of hydrogen-bond donors (Lipinski definition) is 0. The normalized spacial score (nSPS) is 12.4. The third-order valence-electron chi connectivity index (χ3n) is 3.41. The van der Waals surface area contributed by atoms with E-state index in [2.05, 4.69) is 23.9 Å². The quantitative estimate of drug-likeness (QED) is 0.793. The SMILES string of the molecule is Cc1c(C(=O)O[C@H](CC(C)C)c2ccccn2)cnn1C. The minimum Gasteiger partial charge on any atom is -0.452 e. The van der Waals surface area contributed by atoms with Crippen LogP contribution in [-0.4, -0.2) is 20.7 Å². The van der Waals surface area contributed by atoms with Gasteiger partial charge in [0.05, 0.1) is 11.9 Å². The first-order valence-corrected chi connectivity index (χ1v) is 7.09. The number of pyridine rings is 1. The fraction of sp³-hybridized carbons (Fsp3) is 0.438. The van der Waals surface area contributed by atoms with E-state index < -0.39 is 0 Å². The predicted molar refractivity (Wildman–Crippen MR) is 79.8 cm³/mol. The third kappa shape index (κ3) is 3.68. The summed E-state index contributed by atoms with van der Waals surface area (Å²) in [5, 5.41) is 4.08. The largest absolute Gasteiger partial charge is 0.452 e. The number of carbonyl (C=O) groups excluding carboxylic acids is 1. The number of hydrogen-bond acceptors (Lipinski definition) is 4. The minimum atomic E-state index is -0.350. The van der Waals surface area contributed by atoms with Crippen LogP contribution in [0.5, 0.6) is 0 Å². The first kappa shape index (κ1) is 15.2. The molecular weight excluding hydrogens is 266 g/mol. The Labute approximate surface area is 125 Å². The van der Waals surface area contributed by atoms with Crippen LogP contribution in [0, 0.1) is 12.8 Å². The number of rotatable bonds is 5. The van der Waals surface area contributed by atoms with Crippen LogP contribution >= 0.6 is 0 Å². The van der Waals surface area contributed by atoms with Gasteiger partial charge in [0.2, 0.25) is 0 Å². The van der Waals surface area contributed by atoms with E-state index in [1.54, 1.807) is 24.1 Å². The second-order valence-electron chi connectivity index (χ2n) is 5.55. The van der Waals surface area contributed by atoms with Crippen LogP contribution < -0.4 is 0 Å². The average Bonchev–Trinajstić information content (AvgIpc) is 2.79. The highest BCUT2D eigenvalue weighted by Gasteiger charge is 2.22. The number of aromatic nitrogens is 3. The Morgan fingerprint density at radius 2 is 2.14 bits per heavy atom. The van der Waals surface area contributed by atoms with Crippen molar-refractivity contribution in [1.82, 2.24) is 14.8 Å². The number of ether oxygens (including phenoxy) is 1. The van der Waals surface area contributed by atoms with Gasteiger partial charge in [0.25, 0.3) is 0 Å². The van der Waals surface area contributed by atoms with Gasteiger partial charge >= 0.3 is 5.97 Å². The second-order valence-corrected chi connectivity index (χ2v) is 5.55. The zero-order valence-electron chi connectivity index (χ0n) is 12.9. The molecule has 2 heterocycles. The van der Waals surface area contributed by atoms with Crippen molar-refractivity contribution in [1.29, 1.82) is 0 Å². The average molecular weight is 287 g/mol. The molecule has 0 saturated heterocycles. The monoisotopic (exact) mass is 287 g/mol. The standard InChI is InChI=1S/C16H21N3O2/c1-11(2)9-15(14-7-5-6-8-17-14)21-16(20)13-10-18-19(4)12(13)3/h5-8,10-11,15H,9H2,1-4H3/t15-/m1/s1. The van der Waals surface area contributed by atoms with E-state index in [1.165, 1.54) is 0 Å². The number of esters is 1. The molecule has 1 atom stereocenters. The molecule has 0 radical (unpaired) electrons. The maximum absolute atomic E-state index is 12.3. The van der Waals surface area contributed by atoms with Crippen molar-refractivity contribution in [3.63, 3.8) is 0 Å². The molecule has 21 heavy (non-hydrogen) atoms. The van der Waals surface area contributed by atoms with Gasteiger partial charge in [0.1, 0.15) is 11.7 Å². The smallest absolute Gasteiger partial charge is 0.342 e. The summed E-state index contributed by atoms with van der Waals surface area (Å²) in [6.45, 7) is 6.04. The summed E-state index contributed by atoms with van der Waals surface area (Å²) < 4.78 is 7.33. The molecule has 0 spiro atoms. The maximum Gasteiger partial charge on any atom is 0.342 e. The van der Waals surface area contributed by atoms with Crippen molar-refractivity contribution in [2.24, 2.45) is 13.0 Å². The molecule has 0 aliphatic heterocycles. The molecule has 0 saturated carbocycles. The zero-order valence-corrected chi connectivity index (χ0v) is 12.9. The lowest BCUT2D eigenvalue weighted by Crippen LogP contribution is -2.15. The highest BCUT2D eigenvalue weighted by Crippen LogP contribution is 2.25. The van der Waals surface area contributed by atoms with E-state index in [0.29, 0.717) is 11.5 Å². The van der Waals surface area contributed by atoms with E-state index in [4.69, 9.17) is 4.74 Å². The number of aryl methyl sites for hydroxylation is 1. The highest BCUT2D eigenvalue weighted by atomic mass is 16.5. The Hall–Kier alpha value is -2.17. The van der Waals surface area contributed by atoms with E-state index in [0.717, 1.165) is 17.8 Å². The molecule has 5 nitrogen and oxygen atoms in total. The topological polar surface area (TPSA) is 57.0 Å². The molecule has 0 N–H and O–H groups in total. The highest BCUT2D eigenvalue weighted by molar-refractivity contribution is 5.90. The Morgan fingerprint density at radius 1 is 1.38 bits per heavy atom. The predicted octanol–water partition coefficient (Wildman–Crippen LogP) is 3.07. The molecule has 2 rings (SSSR count). The molecule has 0 fully saturated rings. The van der Waals surface area contributed by atoms with Gasteiger partial charge in [-0.1, -0.05) is 19.9 Å². The van der Waals surface area contributed by atoms with E-state index in [9.17, 15) is 4.79 Å². The Morgan fingerprint density at radius 3 is 2.67 bits per heavy atom. The van der Waals surface area contributed by atoms with Crippen molar-refractivity contribution in [3.05, 3.63) is 47.5 Å². The van der Waals surface area contributed by atoms with Crippen LogP contribution in [0.3, 0.4) is 0 Å². The summed E-state index contributed by atoms with van der Waals surface area (Å²) >= 11 is 0. The zero-order chi connectivity index (χ0) is 15.4. The van der Waals surface area contributed by atoms with Gasteiger partial charge in [0, 0.05) is 18.9 Å². The second kappa shape index (κ2) is 6.52. The molecule has 0 bridgehead atoms. The Kier molecular flexibility index (Phi) is 4.73. The molecule has 5 heteroatoms. The van der Waals surface area contributed by atoms with E-state index >= 15 is 0 Å². The minimum absolute atomic E-state index is 0.335. The molecule has 0 aliphatic rings. The maximum atomic E-state index is 12.3. The van der Waals surface area contributed by atoms with Gasteiger partial charge in [-0.05, 0) is 31.4 Å². The lowest BCUT2D eigenvalue weighted by atomic mass is 10.0. The van der Waals surface area contributed by atoms with Gasteiger partial charge in [-0.3, -0.25) is 9.67 Å². The molecule has 0 aliphatic carbocycles.